The van der Waals surface area contributed by atoms with Gasteiger partial charge in [0.05, 0.1) is 0 Å². The maximum absolute atomic E-state index is 6.57. The molecule has 0 amide bonds. The van der Waals surface area contributed by atoms with Crippen LogP contribution in [0.1, 0.15) is 0 Å². The number of benzene rings is 5. The first-order chi connectivity index (χ1) is 16.2. The lowest BCUT2D eigenvalue weighted by atomic mass is 9.97. The van der Waals surface area contributed by atoms with Gasteiger partial charge in [0.15, 0.2) is 0 Å². The normalized spacial score (nSPS) is 11.8. The highest BCUT2D eigenvalue weighted by molar-refractivity contribution is 6.31. The van der Waals surface area contributed by atoms with Crippen LogP contribution in [0.2, 0.25) is 5.02 Å². The summed E-state index contributed by atoms with van der Waals surface area (Å²) < 4.78 is 12.2. The molecule has 2 nitrogen and oxygen atoms in total. The van der Waals surface area contributed by atoms with Gasteiger partial charge in [-0.15, -0.1) is 0 Å². The number of rotatable bonds is 2. The van der Waals surface area contributed by atoms with E-state index in [1.165, 1.54) is 0 Å². The molecule has 0 spiro atoms. The summed E-state index contributed by atoms with van der Waals surface area (Å²) in [4.78, 5) is 0. The minimum atomic E-state index is 0.692. The van der Waals surface area contributed by atoms with Crippen LogP contribution < -0.4 is 0 Å². The van der Waals surface area contributed by atoms with Crippen molar-refractivity contribution in [3.8, 4) is 22.3 Å². The summed E-state index contributed by atoms with van der Waals surface area (Å²) in [6.07, 6.45) is 0. The molecule has 0 aliphatic carbocycles. The van der Waals surface area contributed by atoms with Gasteiger partial charge < -0.3 is 8.83 Å². The van der Waals surface area contributed by atoms with Crippen molar-refractivity contribution in [2.75, 3.05) is 0 Å². The van der Waals surface area contributed by atoms with Gasteiger partial charge in [0.25, 0.3) is 0 Å². The fourth-order valence-electron chi connectivity index (χ4n) is 4.73. The fraction of sp³-hybridized carbons (Fsp3) is 0. The van der Waals surface area contributed by atoms with Gasteiger partial charge in [0.2, 0.25) is 0 Å². The zero-order valence-corrected chi connectivity index (χ0v) is 18.3. The molecule has 0 saturated heterocycles. The third-order valence-electron chi connectivity index (χ3n) is 6.32. The standard InChI is InChI=1S/C30H17ClO2/c31-22-14-20(18-9-11-25-23-5-1-3-7-27(23)32-29(25)16-18)13-21(15-22)19-10-12-26-24-6-2-4-8-28(24)33-30(26)17-19/h1-17H. The Balaban J connectivity index is 1.36. The third-order valence-corrected chi connectivity index (χ3v) is 6.54. The molecule has 156 valence electrons. The Kier molecular flexibility index (Phi) is 3.93. The molecule has 2 heterocycles. The first kappa shape index (κ1) is 18.6. The maximum atomic E-state index is 6.57. The lowest BCUT2D eigenvalue weighted by molar-refractivity contribution is 0.668. The monoisotopic (exact) mass is 444 g/mol. The quantitative estimate of drug-likeness (QED) is 0.265. The molecule has 3 heteroatoms. The summed E-state index contributed by atoms with van der Waals surface area (Å²) in [7, 11) is 0. The highest BCUT2D eigenvalue weighted by atomic mass is 35.5. The van der Waals surface area contributed by atoms with Crippen molar-refractivity contribution in [2.45, 2.75) is 0 Å². The molecule has 0 aliphatic rings. The van der Waals surface area contributed by atoms with Gasteiger partial charge in [-0.1, -0.05) is 60.1 Å². The minimum Gasteiger partial charge on any atom is -0.456 e. The van der Waals surface area contributed by atoms with Gasteiger partial charge in [-0.25, -0.2) is 0 Å². The summed E-state index contributed by atoms with van der Waals surface area (Å²) in [5, 5.41) is 5.19. The van der Waals surface area contributed by atoms with E-state index < -0.39 is 0 Å². The van der Waals surface area contributed by atoms with Crippen LogP contribution >= 0.6 is 11.6 Å². The van der Waals surface area contributed by atoms with Crippen LogP contribution in [0.4, 0.5) is 0 Å². The van der Waals surface area contributed by atoms with Crippen LogP contribution in [0.15, 0.2) is 112 Å². The molecule has 0 saturated carbocycles. The molecule has 7 aromatic rings. The Morgan fingerprint density at radius 1 is 0.394 bits per heavy atom. The van der Waals surface area contributed by atoms with Crippen LogP contribution in [-0.2, 0) is 0 Å². The first-order valence-corrected chi connectivity index (χ1v) is 11.2. The minimum absolute atomic E-state index is 0.692. The van der Waals surface area contributed by atoms with Crippen molar-refractivity contribution in [3.05, 3.63) is 108 Å². The molecule has 0 unspecified atom stereocenters. The van der Waals surface area contributed by atoms with Crippen molar-refractivity contribution in [1.82, 2.24) is 0 Å². The molecule has 2 aromatic heterocycles. The van der Waals surface area contributed by atoms with Crippen LogP contribution in [0, 0.1) is 0 Å². The molecule has 33 heavy (non-hydrogen) atoms. The van der Waals surface area contributed by atoms with E-state index in [-0.39, 0.29) is 0 Å². The summed E-state index contributed by atoms with van der Waals surface area (Å²) in [5.74, 6) is 0. The van der Waals surface area contributed by atoms with E-state index in [0.717, 1.165) is 66.1 Å². The second kappa shape index (κ2) is 6.99. The third kappa shape index (κ3) is 2.95. The highest BCUT2D eigenvalue weighted by Gasteiger charge is 2.12. The van der Waals surface area contributed by atoms with Crippen LogP contribution in [0.5, 0.6) is 0 Å². The molecule has 0 bridgehead atoms. The van der Waals surface area contributed by atoms with Crippen LogP contribution in [0.3, 0.4) is 0 Å². The zero-order valence-electron chi connectivity index (χ0n) is 17.5. The molecule has 0 aliphatic heterocycles. The van der Waals surface area contributed by atoms with E-state index in [2.05, 4.69) is 54.6 Å². The summed E-state index contributed by atoms with van der Waals surface area (Å²) in [6.45, 7) is 0. The average molecular weight is 445 g/mol. The molecule has 0 fully saturated rings. The molecular weight excluding hydrogens is 428 g/mol. The predicted molar refractivity (Wildman–Crippen MR) is 137 cm³/mol. The maximum Gasteiger partial charge on any atom is 0.136 e. The van der Waals surface area contributed by atoms with Gasteiger partial charge in [-0.2, -0.15) is 0 Å². The summed E-state index contributed by atoms with van der Waals surface area (Å²) in [5.41, 5.74) is 7.77. The van der Waals surface area contributed by atoms with Crippen LogP contribution in [0.25, 0.3) is 66.1 Å². The molecule has 0 N–H and O–H groups in total. The predicted octanol–water partition coefficient (Wildman–Crippen LogP) is 9.47. The van der Waals surface area contributed by atoms with E-state index in [0.29, 0.717) is 5.02 Å². The first-order valence-electron chi connectivity index (χ1n) is 10.9. The molecule has 5 aromatic carbocycles. The van der Waals surface area contributed by atoms with Crippen molar-refractivity contribution in [2.24, 2.45) is 0 Å². The number of fused-ring (bicyclic) bond motifs is 6. The van der Waals surface area contributed by atoms with Gasteiger partial charge >= 0.3 is 0 Å². The van der Waals surface area contributed by atoms with Crippen molar-refractivity contribution < 1.29 is 8.83 Å². The lowest BCUT2D eigenvalue weighted by Gasteiger charge is -2.08. The Hall–Kier alpha value is -4.01. The Morgan fingerprint density at radius 3 is 1.36 bits per heavy atom. The van der Waals surface area contributed by atoms with E-state index in [1.807, 2.05) is 48.5 Å². The second-order valence-corrected chi connectivity index (χ2v) is 8.78. The van der Waals surface area contributed by atoms with Gasteiger partial charge in [0.1, 0.15) is 22.3 Å². The average Bonchev–Trinajstić information content (AvgIpc) is 3.40. The Morgan fingerprint density at radius 2 is 0.848 bits per heavy atom. The highest BCUT2D eigenvalue weighted by Crippen LogP contribution is 2.37. The molecular formula is C30H17ClO2. The van der Waals surface area contributed by atoms with E-state index >= 15 is 0 Å². The largest absolute Gasteiger partial charge is 0.456 e. The number of hydrogen-bond donors (Lipinski definition) is 0. The number of halogens is 1. The Labute approximate surface area is 194 Å². The van der Waals surface area contributed by atoms with Crippen molar-refractivity contribution in [1.29, 1.82) is 0 Å². The summed E-state index contributed by atoms with van der Waals surface area (Å²) >= 11 is 6.57. The number of para-hydroxylation sites is 2. The van der Waals surface area contributed by atoms with Crippen molar-refractivity contribution >= 4 is 55.5 Å². The van der Waals surface area contributed by atoms with Gasteiger partial charge in [-0.3, -0.25) is 0 Å². The number of furan rings is 2. The second-order valence-electron chi connectivity index (χ2n) is 8.35. The Bertz CT molecular complexity index is 1710. The zero-order chi connectivity index (χ0) is 21.9. The summed E-state index contributed by atoms with van der Waals surface area (Å²) in [6, 6.07) is 35.1. The molecule has 7 rings (SSSR count). The molecule has 0 atom stereocenters. The SMILES string of the molecule is Clc1cc(-c2ccc3c(c2)oc2ccccc23)cc(-c2ccc3c(c2)oc2ccccc23)c1. The van der Waals surface area contributed by atoms with Crippen LogP contribution in [-0.4, -0.2) is 0 Å². The number of hydrogen-bond acceptors (Lipinski definition) is 2. The van der Waals surface area contributed by atoms with E-state index in [1.54, 1.807) is 0 Å². The topological polar surface area (TPSA) is 26.3 Å². The van der Waals surface area contributed by atoms with E-state index in [4.69, 9.17) is 20.4 Å². The van der Waals surface area contributed by atoms with Gasteiger partial charge in [-0.05, 0) is 76.9 Å². The molecule has 0 radical (unpaired) electrons. The van der Waals surface area contributed by atoms with Crippen molar-refractivity contribution in [3.63, 3.8) is 0 Å². The lowest BCUT2D eigenvalue weighted by Crippen LogP contribution is -1.83. The van der Waals surface area contributed by atoms with E-state index in [9.17, 15) is 0 Å². The smallest absolute Gasteiger partial charge is 0.136 e. The fourth-order valence-corrected chi connectivity index (χ4v) is 4.97. The van der Waals surface area contributed by atoms with Gasteiger partial charge in [0, 0.05) is 26.6 Å².